The molecule has 0 aliphatic rings. The van der Waals surface area contributed by atoms with E-state index in [1.807, 2.05) is 6.92 Å². The van der Waals surface area contributed by atoms with Gasteiger partial charge in [-0.25, -0.2) is 4.98 Å². The number of rotatable bonds is 3. The van der Waals surface area contributed by atoms with Gasteiger partial charge in [0.1, 0.15) is 11.4 Å². The Morgan fingerprint density at radius 2 is 2.22 bits per heavy atom. The number of H-pyrrole nitrogens is 1. The molecular formula is C9H11N7OS. The Labute approximate surface area is 107 Å². The molecule has 18 heavy (non-hydrogen) atoms. The number of oxime groups is 1. The number of hydrogen-bond acceptors (Lipinski definition) is 7. The summed E-state index contributed by atoms with van der Waals surface area (Å²) < 4.78 is 0. The van der Waals surface area contributed by atoms with Crippen LogP contribution >= 0.6 is 11.8 Å². The Kier molecular flexibility index (Phi) is 3.42. The lowest BCUT2D eigenvalue weighted by Gasteiger charge is -2.09. The van der Waals surface area contributed by atoms with Crippen molar-refractivity contribution in [3.05, 3.63) is 23.1 Å². The van der Waals surface area contributed by atoms with Crippen LogP contribution in [-0.4, -0.2) is 36.4 Å². The summed E-state index contributed by atoms with van der Waals surface area (Å²) in [6, 6.07) is 0. The molecule has 0 saturated carbocycles. The van der Waals surface area contributed by atoms with Gasteiger partial charge < -0.3 is 10.9 Å². The molecule has 0 atom stereocenters. The maximum atomic E-state index is 8.82. The van der Waals surface area contributed by atoms with Crippen molar-refractivity contribution in [2.75, 3.05) is 0 Å². The summed E-state index contributed by atoms with van der Waals surface area (Å²) in [5.74, 6) is -0.00693. The van der Waals surface area contributed by atoms with E-state index >= 15 is 0 Å². The third-order valence-electron chi connectivity index (χ3n) is 2.37. The number of aromatic nitrogens is 5. The van der Waals surface area contributed by atoms with E-state index in [-0.39, 0.29) is 5.84 Å². The highest BCUT2D eigenvalue weighted by Gasteiger charge is 2.17. The van der Waals surface area contributed by atoms with Gasteiger partial charge in [-0.05, 0) is 31.2 Å². The molecule has 2 aromatic heterocycles. The second kappa shape index (κ2) is 5.00. The Morgan fingerprint density at radius 1 is 1.44 bits per heavy atom. The SMILES string of the molecule is Cc1nnc(Sc2ncn[nH]2)c(/C(N)=N/O)c1C. The lowest BCUT2D eigenvalue weighted by Crippen LogP contribution is -2.18. The van der Waals surface area contributed by atoms with E-state index < -0.39 is 0 Å². The van der Waals surface area contributed by atoms with Crippen LogP contribution in [0.15, 0.2) is 21.7 Å². The van der Waals surface area contributed by atoms with Crippen LogP contribution in [0.5, 0.6) is 0 Å². The molecule has 0 fully saturated rings. The number of nitrogens with two attached hydrogens (primary N) is 1. The smallest absolute Gasteiger partial charge is 0.189 e. The molecule has 94 valence electrons. The highest BCUT2D eigenvalue weighted by Crippen LogP contribution is 2.27. The fourth-order valence-electron chi connectivity index (χ4n) is 1.34. The molecule has 0 unspecified atom stereocenters. The van der Waals surface area contributed by atoms with Crippen LogP contribution < -0.4 is 5.73 Å². The minimum absolute atomic E-state index is 0.00693. The van der Waals surface area contributed by atoms with Gasteiger partial charge in [-0.2, -0.15) is 10.2 Å². The first-order chi connectivity index (χ1) is 8.63. The monoisotopic (exact) mass is 265 g/mol. The molecule has 8 nitrogen and oxygen atoms in total. The third-order valence-corrected chi connectivity index (χ3v) is 3.24. The van der Waals surface area contributed by atoms with E-state index in [9.17, 15) is 0 Å². The number of aromatic amines is 1. The van der Waals surface area contributed by atoms with Crippen molar-refractivity contribution in [2.24, 2.45) is 10.9 Å². The lowest BCUT2D eigenvalue weighted by atomic mass is 10.1. The van der Waals surface area contributed by atoms with E-state index in [1.54, 1.807) is 6.92 Å². The summed E-state index contributed by atoms with van der Waals surface area (Å²) >= 11 is 1.21. The van der Waals surface area contributed by atoms with Gasteiger partial charge in [-0.3, -0.25) is 5.10 Å². The lowest BCUT2D eigenvalue weighted by molar-refractivity contribution is 0.318. The van der Waals surface area contributed by atoms with Gasteiger partial charge in [-0.15, -0.1) is 5.10 Å². The maximum absolute atomic E-state index is 8.82. The van der Waals surface area contributed by atoms with Crippen molar-refractivity contribution in [1.82, 2.24) is 25.4 Å². The normalized spacial score (nSPS) is 11.8. The Bertz CT molecular complexity index is 581. The molecule has 2 heterocycles. The second-order valence-electron chi connectivity index (χ2n) is 3.47. The van der Waals surface area contributed by atoms with E-state index in [4.69, 9.17) is 10.9 Å². The van der Waals surface area contributed by atoms with E-state index in [0.29, 0.717) is 15.7 Å². The van der Waals surface area contributed by atoms with E-state index in [2.05, 4.69) is 30.5 Å². The Hall–Kier alpha value is -2.16. The molecule has 0 spiro atoms. The van der Waals surface area contributed by atoms with Crippen LogP contribution in [0, 0.1) is 13.8 Å². The van der Waals surface area contributed by atoms with Crippen LogP contribution in [0.25, 0.3) is 0 Å². The van der Waals surface area contributed by atoms with E-state index in [0.717, 1.165) is 11.3 Å². The quantitative estimate of drug-likeness (QED) is 0.318. The predicted octanol–water partition coefficient (Wildman–Crippen LogP) is 0.457. The fraction of sp³-hybridized carbons (Fsp3) is 0.222. The molecular weight excluding hydrogens is 254 g/mol. The third kappa shape index (κ3) is 2.25. The van der Waals surface area contributed by atoms with E-state index in [1.165, 1.54) is 18.1 Å². The highest BCUT2D eigenvalue weighted by molar-refractivity contribution is 7.99. The first-order valence-corrected chi connectivity index (χ1v) is 5.80. The van der Waals surface area contributed by atoms with Crippen molar-refractivity contribution in [3.63, 3.8) is 0 Å². The van der Waals surface area contributed by atoms with Gasteiger partial charge >= 0.3 is 0 Å². The molecule has 0 amide bonds. The number of amidine groups is 1. The number of hydrogen-bond donors (Lipinski definition) is 3. The highest BCUT2D eigenvalue weighted by atomic mass is 32.2. The minimum atomic E-state index is -0.00693. The molecule has 0 aromatic carbocycles. The molecule has 2 rings (SSSR count). The zero-order chi connectivity index (χ0) is 13.1. The topological polar surface area (TPSA) is 126 Å². The van der Waals surface area contributed by atoms with Crippen molar-refractivity contribution in [1.29, 1.82) is 0 Å². The molecule has 0 aliphatic carbocycles. The van der Waals surface area contributed by atoms with Crippen molar-refractivity contribution < 1.29 is 5.21 Å². The van der Waals surface area contributed by atoms with Crippen molar-refractivity contribution >= 4 is 17.6 Å². The molecule has 0 bridgehead atoms. The fourth-order valence-corrected chi connectivity index (χ4v) is 2.17. The summed E-state index contributed by atoms with van der Waals surface area (Å²) in [6.45, 7) is 3.64. The molecule has 0 aliphatic heterocycles. The summed E-state index contributed by atoms with van der Waals surface area (Å²) in [6.07, 6.45) is 1.39. The van der Waals surface area contributed by atoms with Crippen LogP contribution in [0.4, 0.5) is 0 Å². The van der Waals surface area contributed by atoms with Crippen LogP contribution in [0.2, 0.25) is 0 Å². The number of nitrogens with one attached hydrogen (secondary N) is 1. The Morgan fingerprint density at radius 3 is 2.83 bits per heavy atom. The summed E-state index contributed by atoms with van der Waals surface area (Å²) in [4.78, 5) is 3.98. The summed E-state index contributed by atoms with van der Waals surface area (Å²) in [7, 11) is 0. The van der Waals surface area contributed by atoms with Gasteiger partial charge in [0.05, 0.1) is 11.3 Å². The van der Waals surface area contributed by atoms with Crippen LogP contribution in [0.3, 0.4) is 0 Å². The largest absolute Gasteiger partial charge is 0.409 e. The zero-order valence-electron chi connectivity index (χ0n) is 9.75. The van der Waals surface area contributed by atoms with Crippen molar-refractivity contribution in [3.8, 4) is 0 Å². The second-order valence-corrected chi connectivity index (χ2v) is 4.45. The standard InChI is InChI=1S/C9H11N7OS/c1-4-5(2)13-14-8(6(4)7(10)16-17)18-9-11-3-12-15-9/h3,17H,1-2H3,(H2,10,16)(H,11,12,15). The van der Waals surface area contributed by atoms with Gasteiger partial charge in [0.15, 0.2) is 11.0 Å². The van der Waals surface area contributed by atoms with Gasteiger partial charge in [-0.1, -0.05) is 5.16 Å². The molecule has 0 radical (unpaired) electrons. The predicted molar refractivity (Wildman–Crippen MR) is 64.5 cm³/mol. The van der Waals surface area contributed by atoms with Crippen LogP contribution in [0.1, 0.15) is 16.8 Å². The van der Waals surface area contributed by atoms with Gasteiger partial charge in [0.2, 0.25) is 0 Å². The van der Waals surface area contributed by atoms with Gasteiger partial charge in [0, 0.05) is 0 Å². The minimum Gasteiger partial charge on any atom is -0.409 e. The van der Waals surface area contributed by atoms with Crippen molar-refractivity contribution in [2.45, 2.75) is 24.0 Å². The summed E-state index contributed by atoms with van der Waals surface area (Å²) in [5, 5.41) is 27.4. The number of nitrogens with zero attached hydrogens (tertiary/aromatic N) is 5. The molecule has 4 N–H and O–H groups in total. The van der Waals surface area contributed by atoms with Gasteiger partial charge in [0.25, 0.3) is 0 Å². The molecule has 9 heteroatoms. The first kappa shape index (κ1) is 12.3. The first-order valence-electron chi connectivity index (χ1n) is 4.98. The average Bonchev–Trinajstić information content (AvgIpc) is 2.86. The average molecular weight is 265 g/mol. The molecule has 2 aromatic rings. The maximum Gasteiger partial charge on any atom is 0.189 e. The zero-order valence-corrected chi connectivity index (χ0v) is 10.6. The number of aryl methyl sites for hydroxylation is 1. The summed E-state index contributed by atoms with van der Waals surface area (Å²) in [5.41, 5.74) is 7.74. The Balaban J connectivity index is 2.50. The molecule has 0 saturated heterocycles. The van der Waals surface area contributed by atoms with Crippen LogP contribution in [-0.2, 0) is 0 Å².